The van der Waals surface area contributed by atoms with E-state index in [1.54, 1.807) is 0 Å². The third-order valence-corrected chi connectivity index (χ3v) is 20.4. The molecule has 0 bridgehead atoms. The zero-order valence-corrected chi connectivity index (χ0v) is 19.5. The Kier molecular flexibility index (Phi) is 5.25. The molecule has 0 aromatic rings. The van der Waals surface area contributed by atoms with Crippen molar-refractivity contribution >= 4 is 16.1 Å². The Morgan fingerprint density at radius 3 is 1.42 bits per heavy atom. The maximum Gasteiger partial charge on any atom is 0.0605 e. The molecule has 0 amide bonds. The van der Waals surface area contributed by atoms with Gasteiger partial charge in [-0.2, -0.15) is 0 Å². The molecule has 0 nitrogen and oxygen atoms in total. The minimum Gasteiger partial charge on any atom is -0.0806 e. The Morgan fingerprint density at radius 1 is 0.769 bits per heavy atom. The van der Waals surface area contributed by atoms with Crippen LogP contribution in [-0.2, 0) is 0 Å². The molecule has 4 saturated heterocycles. The smallest absolute Gasteiger partial charge is 0.0605 e. The van der Waals surface area contributed by atoms with Crippen molar-refractivity contribution in [1.29, 1.82) is 0 Å². The molecule has 4 rings (SSSR count). The van der Waals surface area contributed by atoms with Crippen molar-refractivity contribution in [3.05, 3.63) is 23.3 Å². The van der Waals surface area contributed by atoms with Crippen molar-refractivity contribution in [2.45, 2.75) is 125 Å². The lowest BCUT2D eigenvalue weighted by atomic mass is 9.93. The molecule has 0 radical (unpaired) electrons. The molecule has 2 atom stereocenters. The highest BCUT2D eigenvalue weighted by Crippen LogP contribution is 2.58. The Balaban J connectivity index is 1.67. The minimum absolute atomic E-state index is 0.661. The third-order valence-electron chi connectivity index (χ3n) is 8.66. The molecule has 26 heavy (non-hydrogen) atoms. The number of hydrogen-bond acceptors (Lipinski definition) is 0. The van der Waals surface area contributed by atoms with Crippen molar-refractivity contribution in [2.24, 2.45) is 0 Å². The van der Waals surface area contributed by atoms with Crippen LogP contribution in [-0.4, -0.2) is 16.1 Å². The number of unbranched alkanes of at least 4 members (excludes halogenated alkanes) is 2. The van der Waals surface area contributed by atoms with E-state index in [4.69, 9.17) is 0 Å². The van der Waals surface area contributed by atoms with Crippen molar-refractivity contribution in [2.75, 3.05) is 0 Å². The van der Waals surface area contributed by atoms with Gasteiger partial charge >= 0.3 is 0 Å². The first-order valence-corrected chi connectivity index (χ1v) is 17.4. The van der Waals surface area contributed by atoms with Gasteiger partial charge in [0, 0.05) is 0 Å². The van der Waals surface area contributed by atoms with Gasteiger partial charge in [0.1, 0.15) is 0 Å². The molecule has 4 aliphatic rings. The van der Waals surface area contributed by atoms with Crippen LogP contribution in [0.3, 0.4) is 0 Å². The van der Waals surface area contributed by atoms with Gasteiger partial charge < -0.3 is 0 Å². The highest BCUT2D eigenvalue weighted by Gasteiger charge is 2.52. The highest BCUT2D eigenvalue weighted by atomic mass is 28.3. The van der Waals surface area contributed by atoms with Crippen LogP contribution in [0.1, 0.15) is 80.8 Å². The van der Waals surface area contributed by atoms with Crippen molar-refractivity contribution in [3.63, 3.8) is 0 Å². The summed E-state index contributed by atoms with van der Waals surface area (Å²) in [5, 5.41) is 0. The van der Waals surface area contributed by atoms with Crippen LogP contribution in [0.25, 0.3) is 0 Å². The first kappa shape index (κ1) is 16.8. The molecule has 0 saturated carbocycles. The molecular formula is C24H42Si2. The third kappa shape index (κ3) is 3.50. The second kappa shape index (κ2) is 8.11. The quantitative estimate of drug-likeness (QED) is 0.274. The zero-order chi connectivity index (χ0) is 19.8. The monoisotopic (exact) mass is 388 g/mol. The van der Waals surface area contributed by atoms with Crippen molar-refractivity contribution in [3.8, 4) is 0 Å². The summed E-state index contributed by atoms with van der Waals surface area (Å²) in [5.74, 6) is 0. The van der Waals surface area contributed by atoms with Crippen LogP contribution in [0.2, 0.25) is 47.3 Å². The maximum atomic E-state index is 9.30. The summed E-state index contributed by atoms with van der Waals surface area (Å²) in [7, 11) is -2.13. The van der Waals surface area contributed by atoms with E-state index in [9.17, 15) is 2.74 Å². The Hall–Kier alpha value is -0.0862. The maximum absolute atomic E-state index is 9.30. The fourth-order valence-electron chi connectivity index (χ4n) is 6.05. The Bertz CT molecular complexity index is 576. The lowest BCUT2D eigenvalue weighted by molar-refractivity contribution is 0.668. The molecular weight excluding hydrogens is 344 g/mol. The first-order valence-electron chi connectivity index (χ1n) is 13.0. The van der Waals surface area contributed by atoms with Crippen molar-refractivity contribution < 1.29 is 2.74 Å². The van der Waals surface area contributed by atoms with Crippen LogP contribution in [0.15, 0.2) is 23.3 Å². The molecule has 0 aromatic carbocycles. The van der Waals surface area contributed by atoms with Crippen molar-refractivity contribution in [1.82, 2.24) is 0 Å². The molecule has 146 valence electrons. The van der Waals surface area contributed by atoms with Gasteiger partial charge in [-0.1, -0.05) is 101 Å². The number of hydrogen-bond donors (Lipinski definition) is 0. The van der Waals surface area contributed by atoms with Gasteiger partial charge in [-0.05, 0) is 47.9 Å². The average molecular weight is 389 g/mol. The van der Waals surface area contributed by atoms with Crippen LogP contribution >= 0.6 is 0 Å². The van der Waals surface area contributed by atoms with Gasteiger partial charge in [0.25, 0.3) is 0 Å². The molecule has 4 heterocycles. The Labute approximate surface area is 167 Å². The second-order valence-corrected chi connectivity index (χ2v) is 19.9. The molecule has 2 unspecified atom stereocenters. The topological polar surface area (TPSA) is 0 Å². The number of allylic oxidation sites excluding steroid dienone is 4. The summed E-state index contributed by atoms with van der Waals surface area (Å²) in [4.78, 5) is 0. The lowest BCUT2D eigenvalue weighted by Gasteiger charge is -2.54. The summed E-state index contributed by atoms with van der Waals surface area (Å²) in [5.41, 5.74) is 4.10. The van der Waals surface area contributed by atoms with Gasteiger partial charge in [-0.3, -0.25) is 0 Å². The number of rotatable bonds is 9. The van der Waals surface area contributed by atoms with E-state index in [-0.39, 0.29) is 0 Å². The van der Waals surface area contributed by atoms with E-state index in [2.05, 4.69) is 13.8 Å². The summed E-state index contributed by atoms with van der Waals surface area (Å²) >= 11 is 0. The summed E-state index contributed by atoms with van der Waals surface area (Å²) in [6.07, 6.45) is 12.5. The minimum atomic E-state index is -1.06. The standard InChI is InChI=1S/C24H42Si2/c1-3-5-9-21(19-23-11-17-25(23)13-7-14-25)22(10-6-4-2)20-24-12-18-26(24)15-8-16-26/h19-20,23-24H,3-18H2,1-2H3/b21-19+,22-20+/i19D,20D. The lowest BCUT2D eigenvalue weighted by Crippen LogP contribution is -2.52. The van der Waals surface area contributed by atoms with Gasteiger partial charge in [0.15, 0.2) is 0 Å². The fourth-order valence-corrected chi connectivity index (χ4v) is 14.7. The molecule has 0 aliphatic carbocycles. The van der Waals surface area contributed by atoms with Gasteiger partial charge in [-0.25, -0.2) is 0 Å². The van der Waals surface area contributed by atoms with E-state index in [0.29, 0.717) is 11.1 Å². The average Bonchev–Trinajstić information content (AvgIpc) is 2.53. The van der Waals surface area contributed by atoms with E-state index < -0.39 is 16.1 Å². The van der Waals surface area contributed by atoms with Crippen LogP contribution in [0.5, 0.6) is 0 Å². The van der Waals surface area contributed by atoms with Crippen LogP contribution < -0.4 is 0 Å². The van der Waals surface area contributed by atoms with Crippen LogP contribution in [0.4, 0.5) is 0 Å². The Morgan fingerprint density at radius 2 is 1.19 bits per heavy atom. The predicted molar refractivity (Wildman–Crippen MR) is 122 cm³/mol. The summed E-state index contributed by atoms with van der Waals surface area (Å²) < 4.78 is 18.6. The normalized spacial score (nSPS) is 33.8. The molecule has 4 aliphatic heterocycles. The molecule has 0 N–H and O–H groups in total. The first-order chi connectivity index (χ1) is 13.6. The van der Waals surface area contributed by atoms with E-state index in [1.165, 1.54) is 98.8 Å². The van der Waals surface area contributed by atoms with Crippen LogP contribution in [0, 0.1) is 0 Å². The van der Waals surface area contributed by atoms with E-state index >= 15 is 0 Å². The second-order valence-electron chi connectivity index (χ2n) is 10.1. The summed E-state index contributed by atoms with van der Waals surface area (Å²) in [6, 6.07) is 11.1. The predicted octanol–water partition coefficient (Wildman–Crippen LogP) is 8.47. The molecule has 0 aromatic heterocycles. The largest absolute Gasteiger partial charge is 0.0806 e. The van der Waals surface area contributed by atoms with Gasteiger partial charge in [0.05, 0.1) is 18.9 Å². The zero-order valence-electron chi connectivity index (χ0n) is 19.5. The molecule has 2 heteroatoms. The van der Waals surface area contributed by atoms with Gasteiger partial charge in [-0.15, -0.1) is 0 Å². The molecule has 2 spiro atoms. The van der Waals surface area contributed by atoms with E-state index in [0.717, 1.165) is 24.9 Å². The molecule has 4 fully saturated rings. The highest BCUT2D eigenvalue weighted by molar-refractivity contribution is 6.87. The SMILES string of the molecule is [2H]/C(=C(CCCC)\C(CCCC)=C(/[2H])C1CC[Si]12CCC2)C1CC[Si]12CCC2. The summed E-state index contributed by atoms with van der Waals surface area (Å²) in [6.45, 7) is 4.57. The van der Waals surface area contributed by atoms with Gasteiger partial charge in [0.2, 0.25) is 0 Å². The fraction of sp³-hybridized carbons (Fsp3) is 0.833. The van der Waals surface area contributed by atoms with E-state index in [1.807, 2.05) is 0 Å².